The third kappa shape index (κ3) is 5.47. The van der Waals surface area contributed by atoms with Gasteiger partial charge in [-0.05, 0) is 43.2 Å². The third-order valence-corrected chi connectivity index (χ3v) is 7.24. The molecule has 1 amide bonds. The molecule has 168 valence electrons. The fourth-order valence-corrected chi connectivity index (χ4v) is 5.24. The van der Waals surface area contributed by atoms with Crippen LogP contribution in [0.4, 0.5) is 5.69 Å². The van der Waals surface area contributed by atoms with Gasteiger partial charge in [0, 0.05) is 21.8 Å². The molecular weight excluding hydrogens is 512 g/mol. The average molecular weight is 536 g/mol. The number of anilines is 1. The van der Waals surface area contributed by atoms with Gasteiger partial charge in [-0.25, -0.2) is 0 Å². The highest BCUT2D eigenvalue weighted by Crippen LogP contribution is 2.36. The molecule has 1 aliphatic rings. The van der Waals surface area contributed by atoms with Crippen LogP contribution in [0.15, 0.2) is 52.1 Å². The highest BCUT2D eigenvalue weighted by molar-refractivity contribution is 9.10. The molecule has 4 rings (SSSR count). The molecule has 3 aromatic rings. The van der Waals surface area contributed by atoms with Crippen molar-refractivity contribution in [2.75, 3.05) is 18.2 Å². The van der Waals surface area contributed by atoms with Gasteiger partial charge in [0.15, 0.2) is 11.0 Å². The van der Waals surface area contributed by atoms with E-state index in [1.165, 1.54) is 31.0 Å². The monoisotopic (exact) mass is 534 g/mol. The second-order valence-corrected chi connectivity index (χ2v) is 9.93. The van der Waals surface area contributed by atoms with Gasteiger partial charge in [-0.3, -0.25) is 9.36 Å². The Kier molecular flexibility index (Phi) is 7.75. The molecule has 6 nitrogen and oxygen atoms in total. The van der Waals surface area contributed by atoms with Crippen LogP contribution < -0.4 is 10.1 Å². The molecule has 0 aliphatic heterocycles. The van der Waals surface area contributed by atoms with E-state index in [0.717, 1.165) is 33.9 Å². The van der Waals surface area contributed by atoms with E-state index in [0.29, 0.717) is 22.5 Å². The number of halogens is 2. The minimum absolute atomic E-state index is 0.125. The number of benzene rings is 2. The fourth-order valence-electron chi connectivity index (χ4n) is 3.91. The summed E-state index contributed by atoms with van der Waals surface area (Å²) in [5.41, 5.74) is 1.65. The smallest absolute Gasteiger partial charge is 0.234 e. The van der Waals surface area contributed by atoms with Crippen molar-refractivity contribution in [1.29, 1.82) is 0 Å². The number of methoxy groups -OCH3 is 1. The molecule has 2 aromatic carbocycles. The number of ether oxygens (including phenoxy) is 1. The van der Waals surface area contributed by atoms with Gasteiger partial charge in [0.25, 0.3) is 0 Å². The molecule has 0 atom stereocenters. The van der Waals surface area contributed by atoms with Gasteiger partial charge >= 0.3 is 0 Å². The first-order chi connectivity index (χ1) is 15.5. The van der Waals surface area contributed by atoms with Gasteiger partial charge in [-0.2, -0.15) is 0 Å². The fraction of sp³-hybridized carbons (Fsp3) is 0.348. The zero-order valence-corrected chi connectivity index (χ0v) is 20.8. The minimum atomic E-state index is -0.125. The molecule has 0 spiro atoms. The zero-order chi connectivity index (χ0) is 22.5. The number of carbonyl (C=O) groups is 1. The summed E-state index contributed by atoms with van der Waals surface area (Å²) in [4.78, 5) is 12.6. The Morgan fingerprint density at radius 1 is 1.19 bits per heavy atom. The lowest BCUT2D eigenvalue weighted by Gasteiger charge is -2.25. The van der Waals surface area contributed by atoms with Gasteiger partial charge in [-0.1, -0.05) is 70.7 Å². The number of carbonyl (C=O) groups excluding carboxylic acids is 1. The van der Waals surface area contributed by atoms with E-state index in [1.807, 2.05) is 24.3 Å². The maximum atomic E-state index is 12.6. The number of nitrogens with one attached hydrogen (secondary N) is 1. The molecule has 1 saturated carbocycles. The van der Waals surface area contributed by atoms with Crippen molar-refractivity contribution in [2.45, 2.75) is 43.3 Å². The first-order valence-corrected chi connectivity index (χ1v) is 12.7. The summed E-state index contributed by atoms with van der Waals surface area (Å²) in [6.07, 6.45) is 5.87. The Hall–Kier alpha value is -2.03. The number of thioether (sulfide) groups is 1. The first-order valence-electron chi connectivity index (χ1n) is 10.5. The van der Waals surface area contributed by atoms with E-state index in [9.17, 15) is 4.79 Å². The number of hydrogen-bond acceptors (Lipinski definition) is 5. The summed E-state index contributed by atoms with van der Waals surface area (Å²) in [5.74, 6) is 1.53. The second kappa shape index (κ2) is 10.7. The van der Waals surface area contributed by atoms with Gasteiger partial charge in [-0.15, -0.1) is 10.2 Å². The van der Waals surface area contributed by atoms with Crippen LogP contribution in [0.2, 0.25) is 5.02 Å². The Balaban J connectivity index is 1.50. The topological polar surface area (TPSA) is 69.0 Å². The summed E-state index contributed by atoms with van der Waals surface area (Å²) in [6, 6.07) is 13.6. The standard InChI is InChI=1S/C23H24BrClN4O2S/c1-31-20-12-11-17(13-19(20)25)26-21(30)14-32-23-28-27-22(15-7-9-16(24)10-8-15)29(23)18-5-3-2-4-6-18/h7-13,18H,2-6,14H2,1H3,(H,26,30). The van der Waals surface area contributed by atoms with Crippen molar-refractivity contribution in [2.24, 2.45) is 0 Å². The van der Waals surface area contributed by atoms with Gasteiger partial charge in [0.1, 0.15) is 5.75 Å². The molecule has 0 radical (unpaired) electrons. The van der Waals surface area contributed by atoms with E-state index < -0.39 is 0 Å². The molecule has 1 aliphatic carbocycles. The van der Waals surface area contributed by atoms with Crippen LogP contribution in [0.5, 0.6) is 5.75 Å². The number of amides is 1. The van der Waals surface area contributed by atoms with Crippen LogP contribution in [-0.2, 0) is 4.79 Å². The van der Waals surface area contributed by atoms with E-state index in [2.05, 4.69) is 36.0 Å². The van der Waals surface area contributed by atoms with E-state index in [4.69, 9.17) is 16.3 Å². The molecule has 0 saturated heterocycles. The van der Waals surface area contributed by atoms with Crippen LogP contribution in [0.1, 0.15) is 38.1 Å². The van der Waals surface area contributed by atoms with Crippen molar-refractivity contribution in [3.8, 4) is 17.1 Å². The summed E-state index contributed by atoms with van der Waals surface area (Å²) in [5, 5.41) is 13.1. The van der Waals surface area contributed by atoms with Crippen molar-refractivity contribution in [3.63, 3.8) is 0 Å². The SMILES string of the molecule is COc1ccc(NC(=O)CSc2nnc(-c3ccc(Br)cc3)n2C2CCCCC2)cc1Cl. The summed E-state index contributed by atoms with van der Waals surface area (Å²) in [7, 11) is 1.56. The molecule has 1 heterocycles. The Morgan fingerprint density at radius 3 is 2.62 bits per heavy atom. The molecule has 1 N–H and O–H groups in total. The maximum Gasteiger partial charge on any atom is 0.234 e. The summed E-state index contributed by atoms with van der Waals surface area (Å²) < 4.78 is 8.41. The molecule has 1 fully saturated rings. The van der Waals surface area contributed by atoms with Crippen LogP contribution in [-0.4, -0.2) is 33.5 Å². The molecule has 0 unspecified atom stereocenters. The zero-order valence-electron chi connectivity index (χ0n) is 17.7. The molecule has 9 heteroatoms. The predicted molar refractivity (Wildman–Crippen MR) is 133 cm³/mol. The Morgan fingerprint density at radius 2 is 1.94 bits per heavy atom. The Bertz CT molecular complexity index is 1080. The maximum absolute atomic E-state index is 12.6. The first kappa shape index (κ1) is 23.1. The minimum Gasteiger partial charge on any atom is -0.495 e. The lowest BCUT2D eigenvalue weighted by Crippen LogP contribution is -2.17. The van der Waals surface area contributed by atoms with Crippen LogP contribution in [0.3, 0.4) is 0 Å². The molecule has 32 heavy (non-hydrogen) atoms. The highest BCUT2D eigenvalue weighted by Gasteiger charge is 2.24. The van der Waals surface area contributed by atoms with E-state index >= 15 is 0 Å². The summed E-state index contributed by atoms with van der Waals surface area (Å²) in [6.45, 7) is 0. The largest absolute Gasteiger partial charge is 0.495 e. The van der Waals surface area contributed by atoms with Gasteiger partial charge < -0.3 is 10.1 Å². The number of aromatic nitrogens is 3. The van der Waals surface area contributed by atoms with Crippen molar-refractivity contribution in [3.05, 3.63) is 52.0 Å². The van der Waals surface area contributed by atoms with E-state index in [1.54, 1.807) is 25.3 Å². The molecule has 1 aromatic heterocycles. The number of hydrogen-bond donors (Lipinski definition) is 1. The van der Waals surface area contributed by atoms with Gasteiger partial charge in [0.2, 0.25) is 5.91 Å². The number of nitrogens with zero attached hydrogens (tertiary/aromatic N) is 3. The molecule has 0 bridgehead atoms. The quantitative estimate of drug-likeness (QED) is 0.345. The van der Waals surface area contributed by atoms with Crippen molar-refractivity contribution >= 4 is 50.9 Å². The van der Waals surface area contributed by atoms with Crippen LogP contribution in [0, 0.1) is 0 Å². The molecular formula is C23H24BrClN4O2S. The third-order valence-electron chi connectivity index (χ3n) is 5.47. The highest BCUT2D eigenvalue weighted by atomic mass is 79.9. The Labute approximate surface area is 205 Å². The summed E-state index contributed by atoms with van der Waals surface area (Å²) >= 11 is 11.1. The number of rotatable bonds is 7. The van der Waals surface area contributed by atoms with E-state index in [-0.39, 0.29) is 11.7 Å². The average Bonchev–Trinajstić information content (AvgIpc) is 3.23. The lowest BCUT2D eigenvalue weighted by atomic mass is 9.95. The second-order valence-electron chi connectivity index (χ2n) is 7.66. The predicted octanol–water partition coefficient (Wildman–Crippen LogP) is 6.61. The van der Waals surface area contributed by atoms with Gasteiger partial charge in [0.05, 0.1) is 17.9 Å². The van der Waals surface area contributed by atoms with Crippen LogP contribution >= 0.6 is 39.3 Å². The van der Waals surface area contributed by atoms with Crippen molar-refractivity contribution in [1.82, 2.24) is 14.8 Å². The van der Waals surface area contributed by atoms with Crippen LogP contribution in [0.25, 0.3) is 11.4 Å². The lowest BCUT2D eigenvalue weighted by molar-refractivity contribution is -0.113. The normalized spacial score (nSPS) is 14.3. The van der Waals surface area contributed by atoms with Crippen molar-refractivity contribution < 1.29 is 9.53 Å².